The number of halogens is 2. The molecule has 2 aromatic rings. The number of aromatic nitrogens is 2. The van der Waals surface area contributed by atoms with Crippen LogP contribution in [0.15, 0.2) is 29.2 Å². The minimum Gasteiger partial charge on any atom is -0.492 e. The summed E-state index contributed by atoms with van der Waals surface area (Å²) < 4.78 is 19.0. The van der Waals surface area contributed by atoms with Crippen molar-refractivity contribution in [2.24, 2.45) is 0 Å². The van der Waals surface area contributed by atoms with Gasteiger partial charge in [-0.25, -0.2) is 4.68 Å². The summed E-state index contributed by atoms with van der Waals surface area (Å²) in [5, 5.41) is 4.72. The van der Waals surface area contributed by atoms with Gasteiger partial charge < -0.3 is 13.9 Å². The first-order valence-electron chi connectivity index (χ1n) is 10.7. The Balaban J connectivity index is 1.97. The molecule has 0 atom stereocenters. The Bertz CT molecular complexity index is 995. The smallest absolute Gasteiger partial charge is 0.289 e. The molecule has 6 nitrogen and oxygen atoms in total. The molecule has 9 heteroatoms. The lowest BCUT2D eigenvalue weighted by Gasteiger charge is -2.36. The van der Waals surface area contributed by atoms with Gasteiger partial charge in [0.25, 0.3) is 5.56 Å². The quantitative estimate of drug-likeness (QED) is 0.291. The predicted molar refractivity (Wildman–Crippen MR) is 133 cm³/mol. The highest BCUT2D eigenvalue weighted by molar-refractivity contribution is 6.74. The average Bonchev–Trinajstić information content (AvgIpc) is 2.64. The van der Waals surface area contributed by atoms with Crippen LogP contribution in [-0.4, -0.2) is 31.3 Å². The van der Waals surface area contributed by atoms with Crippen molar-refractivity contribution in [3.8, 4) is 17.2 Å². The van der Waals surface area contributed by atoms with E-state index in [9.17, 15) is 4.79 Å². The van der Waals surface area contributed by atoms with E-state index in [0.717, 1.165) is 6.42 Å². The normalized spacial score (nSPS) is 12.7. The molecule has 2 rings (SSSR count). The molecule has 1 aromatic carbocycles. The molecule has 0 aliphatic carbocycles. The van der Waals surface area contributed by atoms with Crippen LogP contribution in [0.2, 0.25) is 28.2 Å². The fraction of sp³-hybridized carbons (Fsp3) is 0.565. The highest BCUT2D eigenvalue weighted by Crippen LogP contribution is 2.37. The highest BCUT2D eigenvalue weighted by atomic mass is 35.5. The second-order valence-corrected chi connectivity index (χ2v) is 15.8. The van der Waals surface area contributed by atoms with Crippen molar-refractivity contribution in [3.63, 3.8) is 0 Å². The monoisotopic (exact) mass is 500 g/mol. The molecule has 0 spiro atoms. The second-order valence-electron chi connectivity index (χ2n) is 10.2. The predicted octanol–water partition coefficient (Wildman–Crippen LogP) is 6.89. The SMILES string of the molecule is CC(C)(C)n1ncc(Oc2ccc(OCCCO[Si](C)(C)C(C)(C)C)c(Cl)c2)c(Cl)c1=O. The topological polar surface area (TPSA) is 62.6 Å². The number of hydrogen-bond donors (Lipinski definition) is 0. The van der Waals surface area contributed by atoms with Crippen LogP contribution >= 0.6 is 23.2 Å². The average molecular weight is 502 g/mol. The molecule has 0 aliphatic rings. The summed E-state index contributed by atoms with van der Waals surface area (Å²) in [5.41, 5.74) is -0.903. The third-order valence-corrected chi connectivity index (χ3v) is 10.7. The summed E-state index contributed by atoms with van der Waals surface area (Å²) >= 11 is 12.6. The first kappa shape index (κ1) is 26.7. The van der Waals surface area contributed by atoms with Gasteiger partial charge in [0.1, 0.15) is 11.5 Å². The lowest BCUT2D eigenvalue weighted by atomic mass is 10.1. The van der Waals surface area contributed by atoms with Crippen LogP contribution in [0.5, 0.6) is 17.2 Å². The molecule has 1 aromatic heterocycles. The standard InChI is InChI=1S/C23H34Cl2N2O4Si/c1-22(2,3)27-21(28)20(25)19(15-26-27)31-16-10-11-18(17(24)14-16)29-12-9-13-30-32(7,8)23(4,5)6/h10-11,14-15H,9,12-13H2,1-8H3. The van der Waals surface area contributed by atoms with Crippen molar-refractivity contribution in [1.29, 1.82) is 0 Å². The van der Waals surface area contributed by atoms with Crippen LogP contribution in [0.25, 0.3) is 0 Å². The van der Waals surface area contributed by atoms with Gasteiger partial charge in [-0.05, 0) is 51.0 Å². The van der Waals surface area contributed by atoms with Gasteiger partial charge in [0.2, 0.25) is 0 Å². The maximum Gasteiger partial charge on any atom is 0.289 e. The van der Waals surface area contributed by atoms with Gasteiger partial charge in [-0.3, -0.25) is 4.79 Å². The van der Waals surface area contributed by atoms with Crippen molar-refractivity contribution < 1.29 is 13.9 Å². The first-order valence-corrected chi connectivity index (χ1v) is 14.3. The Morgan fingerprint density at radius 3 is 2.25 bits per heavy atom. The minimum absolute atomic E-state index is 0.0342. The molecule has 0 fully saturated rings. The third kappa shape index (κ3) is 6.73. The largest absolute Gasteiger partial charge is 0.492 e. The molecule has 0 saturated heterocycles. The summed E-state index contributed by atoms with van der Waals surface area (Å²) in [6.07, 6.45) is 2.20. The van der Waals surface area contributed by atoms with Crippen LogP contribution in [-0.2, 0) is 9.96 Å². The van der Waals surface area contributed by atoms with E-state index >= 15 is 0 Å². The zero-order valence-electron chi connectivity index (χ0n) is 20.2. The van der Waals surface area contributed by atoms with Crippen LogP contribution < -0.4 is 15.0 Å². The molecule has 0 amide bonds. The number of rotatable bonds is 8. The van der Waals surface area contributed by atoms with Crippen molar-refractivity contribution in [1.82, 2.24) is 9.78 Å². The van der Waals surface area contributed by atoms with E-state index in [2.05, 4.69) is 39.0 Å². The molecule has 1 heterocycles. The van der Waals surface area contributed by atoms with Gasteiger partial charge in [0, 0.05) is 19.1 Å². The Morgan fingerprint density at radius 1 is 1.03 bits per heavy atom. The molecule has 0 saturated carbocycles. The first-order chi connectivity index (χ1) is 14.6. The van der Waals surface area contributed by atoms with Crippen molar-refractivity contribution in [3.05, 3.63) is 44.8 Å². The van der Waals surface area contributed by atoms with Crippen molar-refractivity contribution >= 4 is 31.5 Å². The van der Waals surface area contributed by atoms with Gasteiger partial charge in [-0.1, -0.05) is 44.0 Å². The van der Waals surface area contributed by atoms with Gasteiger partial charge >= 0.3 is 0 Å². The maximum atomic E-state index is 12.5. The lowest BCUT2D eigenvalue weighted by Crippen LogP contribution is -2.41. The Kier molecular flexibility index (Phi) is 8.48. The Labute approximate surface area is 201 Å². The molecule has 32 heavy (non-hydrogen) atoms. The van der Waals surface area contributed by atoms with Crippen LogP contribution in [0.1, 0.15) is 48.0 Å². The van der Waals surface area contributed by atoms with E-state index in [4.69, 9.17) is 37.1 Å². The molecule has 0 radical (unpaired) electrons. The summed E-state index contributed by atoms with van der Waals surface area (Å²) in [7, 11) is -1.75. The maximum absolute atomic E-state index is 12.5. The van der Waals surface area contributed by atoms with E-state index in [1.54, 1.807) is 18.2 Å². The van der Waals surface area contributed by atoms with Crippen molar-refractivity contribution in [2.75, 3.05) is 13.2 Å². The molecular weight excluding hydrogens is 467 g/mol. The molecule has 0 aliphatic heterocycles. The van der Waals surface area contributed by atoms with Crippen LogP contribution in [0.4, 0.5) is 0 Å². The Morgan fingerprint density at radius 2 is 1.69 bits per heavy atom. The molecule has 178 valence electrons. The zero-order valence-corrected chi connectivity index (χ0v) is 22.7. The van der Waals surface area contributed by atoms with E-state index < -0.39 is 19.4 Å². The van der Waals surface area contributed by atoms with Crippen LogP contribution in [0.3, 0.4) is 0 Å². The fourth-order valence-corrected chi connectivity index (χ4v) is 4.02. The fourth-order valence-electron chi connectivity index (χ4n) is 2.54. The van der Waals surface area contributed by atoms with Gasteiger partial charge in [0.05, 0.1) is 23.4 Å². The summed E-state index contributed by atoms with van der Waals surface area (Å²) in [4.78, 5) is 12.5. The second kappa shape index (κ2) is 10.2. The highest BCUT2D eigenvalue weighted by Gasteiger charge is 2.36. The number of benzene rings is 1. The van der Waals surface area contributed by atoms with E-state index in [1.807, 2.05) is 20.8 Å². The van der Waals surface area contributed by atoms with E-state index in [-0.39, 0.29) is 15.8 Å². The number of nitrogens with zero attached hydrogens (tertiary/aromatic N) is 2. The van der Waals surface area contributed by atoms with Gasteiger partial charge in [0.15, 0.2) is 19.1 Å². The summed E-state index contributed by atoms with van der Waals surface area (Å²) in [5.74, 6) is 1.16. The third-order valence-electron chi connectivity index (χ3n) is 5.47. The van der Waals surface area contributed by atoms with Crippen molar-refractivity contribution in [2.45, 2.75) is 71.6 Å². The van der Waals surface area contributed by atoms with E-state index in [0.29, 0.717) is 29.7 Å². The molecule has 0 unspecified atom stereocenters. The number of hydrogen-bond acceptors (Lipinski definition) is 5. The van der Waals surface area contributed by atoms with Crippen LogP contribution in [0, 0.1) is 0 Å². The molecule has 0 N–H and O–H groups in total. The molecular formula is C23H34Cl2N2O4Si. The van der Waals surface area contributed by atoms with E-state index in [1.165, 1.54) is 10.9 Å². The summed E-state index contributed by atoms with van der Waals surface area (Å²) in [6.45, 7) is 17.9. The Hall–Kier alpha value is -1.54. The number of ether oxygens (including phenoxy) is 2. The van der Waals surface area contributed by atoms with Gasteiger partial charge in [-0.15, -0.1) is 0 Å². The zero-order chi connectivity index (χ0) is 24.3. The lowest BCUT2D eigenvalue weighted by molar-refractivity contribution is 0.233. The van der Waals surface area contributed by atoms with Gasteiger partial charge in [-0.2, -0.15) is 5.10 Å². The minimum atomic E-state index is -1.75. The molecule has 0 bridgehead atoms. The summed E-state index contributed by atoms with van der Waals surface area (Å²) in [6, 6.07) is 5.05.